The van der Waals surface area contributed by atoms with Crippen LogP contribution in [0.3, 0.4) is 0 Å². The highest BCUT2D eigenvalue weighted by Crippen LogP contribution is 2.38. The second-order valence-electron chi connectivity index (χ2n) is 6.14. The third kappa shape index (κ3) is 3.54. The second-order valence-corrected chi connectivity index (χ2v) is 7.36. The normalized spacial score (nSPS) is 13.3. The van der Waals surface area contributed by atoms with E-state index in [4.69, 9.17) is 39.5 Å². The van der Waals surface area contributed by atoms with Gasteiger partial charge in [-0.3, -0.25) is 9.59 Å². The molecule has 0 saturated carbocycles. The fourth-order valence-corrected chi connectivity index (χ4v) is 3.67. The minimum absolute atomic E-state index is 0.248. The van der Waals surface area contributed by atoms with Crippen molar-refractivity contribution in [1.82, 2.24) is 0 Å². The van der Waals surface area contributed by atoms with Crippen LogP contribution >= 0.6 is 34.8 Å². The number of ketones is 1. The molecule has 7 heteroatoms. The molecule has 136 valence electrons. The van der Waals surface area contributed by atoms with Crippen LogP contribution in [0.1, 0.15) is 27.9 Å². The summed E-state index contributed by atoms with van der Waals surface area (Å²) < 4.78 is 5.75. The fraction of sp³-hybridized carbons (Fsp3) is 0.263. The van der Waals surface area contributed by atoms with Crippen molar-refractivity contribution in [2.45, 2.75) is 20.3 Å². The number of carbonyl (C=O) groups is 2. The minimum Gasteiger partial charge on any atom is -0.494 e. The van der Waals surface area contributed by atoms with Crippen molar-refractivity contribution in [3.05, 3.63) is 56.0 Å². The number of carbonyl (C=O) groups excluding carboxylic acids is 2. The third-order valence-corrected chi connectivity index (χ3v) is 5.29. The number of halogens is 3. The molecule has 4 nitrogen and oxygen atoms in total. The lowest BCUT2D eigenvalue weighted by Gasteiger charge is -2.18. The molecule has 0 atom stereocenters. The molecule has 0 N–H and O–H groups in total. The smallest absolute Gasteiger partial charge is 0.299 e. The van der Waals surface area contributed by atoms with E-state index in [2.05, 4.69) is 0 Å². The van der Waals surface area contributed by atoms with E-state index in [1.165, 1.54) is 17.0 Å². The van der Waals surface area contributed by atoms with Crippen LogP contribution < -0.4 is 9.64 Å². The van der Waals surface area contributed by atoms with Gasteiger partial charge in [0, 0.05) is 16.6 Å². The quantitative estimate of drug-likeness (QED) is 0.497. The zero-order valence-electron chi connectivity index (χ0n) is 14.2. The van der Waals surface area contributed by atoms with Crippen LogP contribution in [0.25, 0.3) is 0 Å². The van der Waals surface area contributed by atoms with Crippen molar-refractivity contribution in [1.29, 1.82) is 0 Å². The van der Waals surface area contributed by atoms with E-state index in [0.717, 1.165) is 21.9 Å². The Labute approximate surface area is 166 Å². The van der Waals surface area contributed by atoms with Crippen LogP contribution in [0.5, 0.6) is 5.75 Å². The Hall–Kier alpha value is -1.75. The molecule has 1 amide bonds. The summed E-state index contributed by atoms with van der Waals surface area (Å²) in [4.78, 5) is 25.7. The van der Waals surface area contributed by atoms with Crippen LogP contribution in [0.2, 0.25) is 15.1 Å². The van der Waals surface area contributed by atoms with E-state index in [1.807, 2.05) is 26.0 Å². The van der Waals surface area contributed by atoms with Gasteiger partial charge in [-0.15, -0.1) is 0 Å². The first kappa shape index (κ1) is 19.0. The summed E-state index contributed by atoms with van der Waals surface area (Å²) in [6.45, 7) is 4.55. The SMILES string of the molecule is Cc1cc(OCCCN2C(=O)C(=O)c3cc(Cl)cc(Cl)c32)cc(C)c1Cl. The molecule has 0 spiro atoms. The molecule has 1 aliphatic heterocycles. The van der Waals surface area contributed by atoms with Crippen molar-refractivity contribution in [2.24, 2.45) is 0 Å². The zero-order valence-corrected chi connectivity index (χ0v) is 16.5. The largest absolute Gasteiger partial charge is 0.494 e. The molecule has 0 unspecified atom stereocenters. The van der Waals surface area contributed by atoms with Crippen molar-refractivity contribution < 1.29 is 14.3 Å². The predicted molar refractivity (Wildman–Crippen MR) is 104 cm³/mol. The van der Waals surface area contributed by atoms with E-state index in [1.54, 1.807) is 0 Å². The zero-order chi connectivity index (χ0) is 19.0. The van der Waals surface area contributed by atoms with Gasteiger partial charge in [-0.1, -0.05) is 34.8 Å². The maximum atomic E-state index is 12.2. The summed E-state index contributed by atoms with van der Waals surface area (Å²) in [5, 5.41) is 1.34. The number of Topliss-reactive ketones (excluding diaryl/α,β-unsaturated/α-hetero) is 1. The Bertz CT molecular complexity index is 888. The number of fused-ring (bicyclic) bond motifs is 1. The number of ether oxygens (including phenoxy) is 1. The van der Waals surface area contributed by atoms with Crippen LogP contribution in [0.4, 0.5) is 5.69 Å². The predicted octanol–water partition coefficient (Wildman–Crippen LogP) is 5.26. The molecule has 0 aromatic heterocycles. The molecular weight excluding hydrogens is 397 g/mol. The van der Waals surface area contributed by atoms with Crippen LogP contribution in [0.15, 0.2) is 24.3 Å². The highest BCUT2D eigenvalue weighted by atomic mass is 35.5. The Morgan fingerprint density at radius 1 is 1.00 bits per heavy atom. The van der Waals surface area contributed by atoms with E-state index in [0.29, 0.717) is 30.3 Å². The number of rotatable bonds is 5. The summed E-state index contributed by atoms with van der Waals surface area (Å²) >= 11 is 18.3. The van der Waals surface area contributed by atoms with Crippen molar-refractivity contribution in [3.8, 4) is 5.75 Å². The number of hydrogen-bond acceptors (Lipinski definition) is 3. The van der Waals surface area contributed by atoms with Gasteiger partial charge in [-0.25, -0.2) is 0 Å². The van der Waals surface area contributed by atoms with E-state index >= 15 is 0 Å². The number of nitrogens with zero attached hydrogens (tertiary/aromatic N) is 1. The van der Waals surface area contributed by atoms with Crippen molar-refractivity contribution in [2.75, 3.05) is 18.1 Å². The maximum Gasteiger partial charge on any atom is 0.299 e. The molecule has 1 aliphatic rings. The molecule has 2 aromatic carbocycles. The van der Waals surface area contributed by atoms with Crippen LogP contribution in [-0.2, 0) is 4.79 Å². The monoisotopic (exact) mass is 411 g/mol. The highest BCUT2D eigenvalue weighted by molar-refractivity contribution is 6.54. The summed E-state index contributed by atoms with van der Waals surface area (Å²) in [6, 6.07) is 6.73. The summed E-state index contributed by atoms with van der Waals surface area (Å²) in [6.07, 6.45) is 0.540. The van der Waals surface area contributed by atoms with Gasteiger partial charge in [0.2, 0.25) is 0 Å². The molecule has 0 saturated heterocycles. The molecule has 0 radical (unpaired) electrons. The van der Waals surface area contributed by atoms with Gasteiger partial charge in [-0.05, 0) is 55.7 Å². The lowest BCUT2D eigenvalue weighted by atomic mass is 10.1. The molecular formula is C19H16Cl3NO3. The first-order valence-corrected chi connectivity index (χ1v) is 9.17. The lowest BCUT2D eigenvalue weighted by molar-refractivity contribution is -0.114. The van der Waals surface area contributed by atoms with Gasteiger partial charge in [0.25, 0.3) is 11.7 Å². The number of hydrogen-bond donors (Lipinski definition) is 0. The summed E-state index contributed by atoms with van der Waals surface area (Å²) in [5.41, 5.74) is 2.56. The number of amides is 1. The minimum atomic E-state index is -0.595. The molecule has 2 aromatic rings. The van der Waals surface area contributed by atoms with E-state index in [-0.39, 0.29) is 10.6 Å². The molecule has 26 heavy (non-hydrogen) atoms. The van der Waals surface area contributed by atoms with Crippen LogP contribution in [-0.4, -0.2) is 24.8 Å². The highest BCUT2D eigenvalue weighted by Gasteiger charge is 2.37. The number of benzene rings is 2. The molecule has 1 heterocycles. The van der Waals surface area contributed by atoms with Gasteiger partial charge in [0.15, 0.2) is 0 Å². The van der Waals surface area contributed by atoms with Crippen molar-refractivity contribution >= 4 is 52.2 Å². The van der Waals surface area contributed by atoms with Gasteiger partial charge in [0.05, 0.1) is 22.9 Å². The average molecular weight is 413 g/mol. The Kier molecular flexibility index (Phi) is 5.47. The number of aryl methyl sites for hydroxylation is 2. The lowest BCUT2D eigenvalue weighted by Crippen LogP contribution is -2.31. The van der Waals surface area contributed by atoms with E-state index < -0.39 is 11.7 Å². The molecule has 0 aliphatic carbocycles. The standard InChI is InChI=1S/C19H16Cl3NO3/c1-10-6-13(7-11(2)16(10)22)26-5-3-4-23-17-14(18(24)19(23)25)8-12(20)9-15(17)21/h6-9H,3-5H2,1-2H3. The maximum absolute atomic E-state index is 12.2. The fourth-order valence-electron chi connectivity index (χ4n) is 2.97. The first-order valence-electron chi connectivity index (χ1n) is 8.04. The van der Waals surface area contributed by atoms with Gasteiger partial charge < -0.3 is 9.64 Å². The molecule has 0 fully saturated rings. The third-order valence-electron chi connectivity index (χ3n) is 4.19. The molecule has 0 bridgehead atoms. The van der Waals surface area contributed by atoms with Crippen LogP contribution in [0, 0.1) is 13.8 Å². The Morgan fingerprint density at radius 2 is 1.65 bits per heavy atom. The van der Waals surface area contributed by atoms with Gasteiger partial charge in [0.1, 0.15) is 5.75 Å². The second kappa shape index (κ2) is 7.47. The van der Waals surface area contributed by atoms with Gasteiger partial charge in [-0.2, -0.15) is 0 Å². The molecule has 3 rings (SSSR count). The number of anilines is 1. The summed E-state index contributed by atoms with van der Waals surface area (Å²) in [5.74, 6) is -0.463. The Balaban J connectivity index is 1.66. The Morgan fingerprint density at radius 3 is 2.31 bits per heavy atom. The van der Waals surface area contributed by atoms with E-state index in [9.17, 15) is 9.59 Å². The summed E-state index contributed by atoms with van der Waals surface area (Å²) in [7, 11) is 0. The topological polar surface area (TPSA) is 46.6 Å². The van der Waals surface area contributed by atoms with Gasteiger partial charge >= 0.3 is 0 Å². The average Bonchev–Trinajstić information content (AvgIpc) is 2.81. The van der Waals surface area contributed by atoms with Crippen molar-refractivity contribution in [3.63, 3.8) is 0 Å². The first-order chi connectivity index (χ1) is 12.3.